The predicted molar refractivity (Wildman–Crippen MR) is 38.8 cm³/mol. The molecule has 0 fully saturated rings. The average Bonchev–Trinajstić information content (AvgIpc) is 1.95. The molecular weight excluding hydrogens is 132 g/mol. The summed E-state index contributed by atoms with van der Waals surface area (Å²) in [5, 5.41) is 2.67. The third kappa shape index (κ3) is 1.07. The van der Waals surface area contributed by atoms with Crippen molar-refractivity contribution in [2.75, 3.05) is 18.1 Å². The number of nitrogens with two attached hydrogens (primary N) is 1. The van der Waals surface area contributed by atoms with Crippen LogP contribution in [0.5, 0.6) is 0 Å². The van der Waals surface area contributed by atoms with Crippen LogP contribution in [0.4, 0.5) is 11.6 Å². The second-order valence-electron chi connectivity index (χ2n) is 1.77. The molecule has 4 N–H and O–H groups in total. The van der Waals surface area contributed by atoms with Crippen molar-refractivity contribution in [1.29, 1.82) is 0 Å². The normalized spacial score (nSPS) is 9.30. The van der Waals surface area contributed by atoms with E-state index in [0.29, 0.717) is 5.95 Å². The van der Waals surface area contributed by atoms with Crippen molar-refractivity contribution in [3.8, 4) is 0 Å². The Labute approximate surface area is 57.3 Å². The van der Waals surface area contributed by atoms with E-state index in [-0.39, 0.29) is 11.2 Å². The first-order valence-electron chi connectivity index (χ1n) is 2.76. The van der Waals surface area contributed by atoms with Gasteiger partial charge in [0.25, 0.3) is 5.56 Å². The molecule has 1 rings (SSSR count). The zero-order chi connectivity index (χ0) is 7.56. The van der Waals surface area contributed by atoms with Gasteiger partial charge in [-0.3, -0.25) is 9.78 Å². The van der Waals surface area contributed by atoms with Crippen LogP contribution >= 0.6 is 0 Å². The Balaban J connectivity index is 3.17. The number of aromatic amines is 1. The van der Waals surface area contributed by atoms with Crippen molar-refractivity contribution in [3.63, 3.8) is 0 Å². The second-order valence-corrected chi connectivity index (χ2v) is 1.77. The maximum absolute atomic E-state index is 10.7. The molecule has 10 heavy (non-hydrogen) atoms. The van der Waals surface area contributed by atoms with Gasteiger partial charge < -0.3 is 11.1 Å². The minimum absolute atomic E-state index is 0.124. The smallest absolute Gasteiger partial charge is 0.275 e. The molecule has 0 spiro atoms. The van der Waals surface area contributed by atoms with Crippen LogP contribution in [-0.4, -0.2) is 17.0 Å². The summed E-state index contributed by atoms with van der Waals surface area (Å²) >= 11 is 0. The zero-order valence-electron chi connectivity index (χ0n) is 5.51. The molecule has 5 nitrogen and oxygen atoms in total. The van der Waals surface area contributed by atoms with E-state index in [2.05, 4.69) is 15.3 Å². The van der Waals surface area contributed by atoms with Crippen LogP contribution in [0, 0.1) is 0 Å². The highest BCUT2D eigenvalue weighted by atomic mass is 16.1. The highest BCUT2D eigenvalue weighted by molar-refractivity contribution is 5.35. The fourth-order valence-corrected chi connectivity index (χ4v) is 0.532. The maximum Gasteiger partial charge on any atom is 0.275 e. The summed E-state index contributed by atoms with van der Waals surface area (Å²) in [6.45, 7) is 0. The molecule has 0 bridgehead atoms. The SMILES string of the molecule is CNc1ncc(N)c(=O)[nH]1. The van der Waals surface area contributed by atoms with Crippen LogP contribution in [0.2, 0.25) is 0 Å². The van der Waals surface area contributed by atoms with Crippen LogP contribution < -0.4 is 16.6 Å². The fourth-order valence-electron chi connectivity index (χ4n) is 0.532. The van der Waals surface area contributed by atoms with Crippen molar-refractivity contribution in [3.05, 3.63) is 16.6 Å². The van der Waals surface area contributed by atoms with Crippen LogP contribution in [0.1, 0.15) is 0 Å². The number of nitrogens with zero attached hydrogens (tertiary/aromatic N) is 1. The van der Waals surface area contributed by atoms with Crippen LogP contribution in [-0.2, 0) is 0 Å². The van der Waals surface area contributed by atoms with Crippen molar-refractivity contribution in [2.24, 2.45) is 0 Å². The molecule has 54 valence electrons. The summed E-state index contributed by atoms with van der Waals surface area (Å²) in [5.41, 5.74) is 5.01. The first-order chi connectivity index (χ1) is 4.74. The van der Waals surface area contributed by atoms with E-state index >= 15 is 0 Å². The Kier molecular flexibility index (Phi) is 1.57. The summed E-state index contributed by atoms with van der Waals surface area (Å²) in [6, 6.07) is 0. The minimum atomic E-state index is -0.320. The summed E-state index contributed by atoms with van der Waals surface area (Å²) in [4.78, 5) is 16.9. The number of H-pyrrole nitrogens is 1. The van der Waals surface area contributed by atoms with Gasteiger partial charge in [0, 0.05) is 7.05 Å². The lowest BCUT2D eigenvalue weighted by molar-refractivity contribution is 1.11. The van der Waals surface area contributed by atoms with Gasteiger partial charge in [-0.25, -0.2) is 4.98 Å². The van der Waals surface area contributed by atoms with Crippen LogP contribution in [0.3, 0.4) is 0 Å². The topological polar surface area (TPSA) is 83.8 Å². The third-order valence-corrected chi connectivity index (χ3v) is 1.06. The van der Waals surface area contributed by atoms with Gasteiger partial charge in [-0.15, -0.1) is 0 Å². The van der Waals surface area contributed by atoms with Crippen molar-refractivity contribution < 1.29 is 0 Å². The highest BCUT2D eigenvalue weighted by Gasteiger charge is 1.93. The summed E-state index contributed by atoms with van der Waals surface area (Å²) in [6.07, 6.45) is 1.31. The van der Waals surface area contributed by atoms with Gasteiger partial charge in [-0.05, 0) is 0 Å². The molecule has 0 aliphatic carbocycles. The lowest BCUT2D eigenvalue weighted by Crippen LogP contribution is -2.14. The number of rotatable bonds is 1. The molecule has 1 aromatic rings. The van der Waals surface area contributed by atoms with Gasteiger partial charge in [0.2, 0.25) is 5.95 Å². The molecule has 0 aliphatic heterocycles. The summed E-state index contributed by atoms with van der Waals surface area (Å²) < 4.78 is 0. The quantitative estimate of drug-likeness (QED) is 0.486. The van der Waals surface area contributed by atoms with E-state index in [1.54, 1.807) is 7.05 Å². The zero-order valence-corrected chi connectivity index (χ0v) is 5.51. The highest BCUT2D eigenvalue weighted by Crippen LogP contribution is 1.91. The standard InChI is InChI=1S/C5H8N4O/c1-7-5-8-2-3(6)4(10)9-5/h2H,6H2,1H3,(H2,7,8,9,10). The first-order valence-corrected chi connectivity index (χ1v) is 2.76. The predicted octanol–water partition coefficient (Wildman–Crippen LogP) is -0.606. The lowest BCUT2D eigenvalue weighted by Gasteiger charge is -1.96. The number of hydrogen-bond donors (Lipinski definition) is 3. The monoisotopic (exact) mass is 140 g/mol. The van der Waals surface area contributed by atoms with Gasteiger partial charge >= 0.3 is 0 Å². The Morgan fingerprint density at radius 1 is 1.80 bits per heavy atom. The van der Waals surface area contributed by atoms with Crippen LogP contribution in [0.15, 0.2) is 11.0 Å². The molecule has 0 radical (unpaired) electrons. The molecule has 0 saturated carbocycles. The molecule has 0 unspecified atom stereocenters. The summed E-state index contributed by atoms with van der Waals surface area (Å²) in [5.74, 6) is 0.416. The van der Waals surface area contributed by atoms with Gasteiger partial charge in [-0.2, -0.15) is 0 Å². The van der Waals surface area contributed by atoms with Gasteiger partial charge in [0.05, 0.1) is 6.20 Å². The Morgan fingerprint density at radius 3 is 3.00 bits per heavy atom. The molecule has 0 saturated heterocycles. The van der Waals surface area contributed by atoms with E-state index in [1.165, 1.54) is 6.20 Å². The molecule has 0 aliphatic rings. The first kappa shape index (κ1) is 6.60. The van der Waals surface area contributed by atoms with Crippen LogP contribution in [0.25, 0.3) is 0 Å². The number of hydrogen-bond acceptors (Lipinski definition) is 4. The number of aromatic nitrogens is 2. The molecule has 5 heteroatoms. The third-order valence-electron chi connectivity index (χ3n) is 1.06. The maximum atomic E-state index is 10.7. The Bertz CT molecular complexity index is 279. The van der Waals surface area contributed by atoms with E-state index in [0.717, 1.165) is 0 Å². The summed E-state index contributed by atoms with van der Waals surface area (Å²) in [7, 11) is 1.66. The van der Waals surface area contributed by atoms with E-state index in [9.17, 15) is 4.79 Å². The van der Waals surface area contributed by atoms with E-state index < -0.39 is 0 Å². The van der Waals surface area contributed by atoms with Gasteiger partial charge in [0.15, 0.2) is 0 Å². The molecule has 0 aromatic carbocycles. The fraction of sp³-hybridized carbons (Fsp3) is 0.200. The molecule has 0 amide bonds. The molecule has 0 atom stereocenters. The number of anilines is 2. The van der Waals surface area contributed by atoms with Crippen molar-refractivity contribution in [2.45, 2.75) is 0 Å². The van der Waals surface area contributed by atoms with Gasteiger partial charge in [0.1, 0.15) is 5.69 Å². The molecular formula is C5H8N4O. The largest absolute Gasteiger partial charge is 0.393 e. The van der Waals surface area contributed by atoms with Crippen molar-refractivity contribution >= 4 is 11.6 Å². The Hall–Kier alpha value is -1.52. The number of nitrogens with one attached hydrogen (secondary N) is 2. The number of nitrogen functional groups attached to an aromatic ring is 1. The minimum Gasteiger partial charge on any atom is -0.393 e. The Morgan fingerprint density at radius 2 is 2.50 bits per heavy atom. The molecule has 1 heterocycles. The van der Waals surface area contributed by atoms with E-state index in [4.69, 9.17) is 5.73 Å². The van der Waals surface area contributed by atoms with Gasteiger partial charge in [-0.1, -0.05) is 0 Å². The van der Waals surface area contributed by atoms with E-state index in [1.807, 2.05) is 0 Å². The molecule has 1 aromatic heterocycles. The lowest BCUT2D eigenvalue weighted by atomic mass is 10.5. The second kappa shape index (κ2) is 2.38. The average molecular weight is 140 g/mol. The van der Waals surface area contributed by atoms with Crippen molar-refractivity contribution in [1.82, 2.24) is 9.97 Å².